The van der Waals surface area contributed by atoms with E-state index in [-0.39, 0.29) is 11.9 Å². The Hall–Kier alpha value is -2.79. The number of likely N-dealkylation sites (N-methyl/N-ethyl adjacent to an activating group) is 1. The maximum absolute atomic E-state index is 12.9. The Morgan fingerprint density at radius 3 is 2.55 bits per heavy atom. The lowest BCUT2D eigenvalue weighted by atomic mass is 10.2. The average Bonchev–Trinajstić information content (AvgIpc) is 3.17. The third-order valence-corrected chi connectivity index (χ3v) is 5.93. The summed E-state index contributed by atoms with van der Waals surface area (Å²) in [4.78, 5) is 19.3. The fourth-order valence-corrected chi connectivity index (χ4v) is 3.91. The van der Waals surface area contributed by atoms with Crippen LogP contribution in [0.2, 0.25) is 0 Å². The van der Waals surface area contributed by atoms with Crippen LogP contribution in [0.15, 0.2) is 59.0 Å². The highest BCUT2D eigenvalue weighted by molar-refractivity contribution is 5.80. The maximum atomic E-state index is 12.9. The molecule has 1 unspecified atom stereocenters. The van der Waals surface area contributed by atoms with Crippen LogP contribution in [-0.4, -0.2) is 55.5 Å². The van der Waals surface area contributed by atoms with Gasteiger partial charge in [0.1, 0.15) is 11.3 Å². The van der Waals surface area contributed by atoms with E-state index < -0.39 is 0 Å². The molecule has 0 radical (unpaired) electrons. The van der Waals surface area contributed by atoms with Crippen LogP contribution in [0.1, 0.15) is 24.3 Å². The average molecular weight is 392 g/mol. The third-order valence-electron chi connectivity index (χ3n) is 5.93. The molecule has 1 aliphatic heterocycles. The number of carbonyl (C=O) groups excluding carboxylic acids is 1. The number of fused-ring (bicyclic) bond motifs is 1. The molecule has 1 aromatic heterocycles. The van der Waals surface area contributed by atoms with Gasteiger partial charge in [-0.2, -0.15) is 0 Å². The molecular formula is C24H29N3O2. The molecule has 4 rings (SSSR count). The van der Waals surface area contributed by atoms with Gasteiger partial charge in [-0.15, -0.1) is 0 Å². The van der Waals surface area contributed by atoms with Crippen molar-refractivity contribution >= 4 is 22.6 Å². The minimum absolute atomic E-state index is 0.0940. The van der Waals surface area contributed by atoms with Gasteiger partial charge in [0, 0.05) is 44.3 Å². The van der Waals surface area contributed by atoms with Crippen molar-refractivity contribution in [2.24, 2.45) is 0 Å². The number of carbonyl (C=O) groups is 1. The Morgan fingerprint density at radius 1 is 1.07 bits per heavy atom. The second kappa shape index (κ2) is 8.29. The number of piperazine rings is 1. The zero-order valence-corrected chi connectivity index (χ0v) is 17.5. The van der Waals surface area contributed by atoms with Gasteiger partial charge in [-0.25, -0.2) is 0 Å². The van der Waals surface area contributed by atoms with Crippen molar-refractivity contribution < 1.29 is 9.21 Å². The van der Waals surface area contributed by atoms with Crippen LogP contribution in [0, 0.1) is 6.92 Å². The number of aryl methyl sites for hydroxylation is 1. The van der Waals surface area contributed by atoms with E-state index in [9.17, 15) is 4.79 Å². The van der Waals surface area contributed by atoms with Gasteiger partial charge >= 0.3 is 0 Å². The Kier molecular flexibility index (Phi) is 5.58. The first kappa shape index (κ1) is 19.5. The fraction of sp³-hybridized carbons (Fsp3) is 0.375. The van der Waals surface area contributed by atoms with Crippen molar-refractivity contribution in [1.82, 2.24) is 9.80 Å². The standard InChI is InChI=1S/C24H29N3O2/c1-18-7-6-9-21(15-18)27-13-11-26(12-14-27)17-24(28)25(3)19(2)23-16-20-8-4-5-10-22(20)29-23/h4-10,15-16,19H,11-14,17H2,1-3H3. The molecule has 1 aliphatic rings. The largest absolute Gasteiger partial charge is 0.459 e. The van der Waals surface area contributed by atoms with E-state index in [0.29, 0.717) is 6.54 Å². The van der Waals surface area contributed by atoms with Crippen LogP contribution >= 0.6 is 0 Å². The number of anilines is 1. The first-order chi connectivity index (χ1) is 14.0. The summed E-state index contributed by atoms with van der Waals surface area (Å²) >= 11 is 0. The maximum Gasteiger partial charge on any atom is 0.237 e. The van der Waals surface area contributed by atoms with E-state index in [1.54, 1.807) is 4.90 Å². The van der Waals surface area contributed by atoms with Crippen LogP contribution < -0.4 is 4.90 Å². The summed E-state index contributed by atoms with van der Waals surface area (Å²) in [6.07, 6.45) is 0. The fourth-order valence-electron chi connectivity index (χ4n) is 3.91. The SMILES string of the molecule is Cc1cccc(N2CCN(CC(=O)N(C)C(C)c3cc4ccccc4o3)CC2)c1. The highest BCUT2D eigenvalue weighted by Gasteiger charge is 2.24. The lowest BCUT2D eigenvalue weighted by molar-refractivity contribution is -0.133. The summed E-state index contributed by atoms with van der Waals surface area (Å²) < 4.78 is 5.95. The Bertz CT molecular complexity index is 955. The number of nitrogens with zero attached hydrogens (tertiary/aromatic N) is 3. The van der Waals surface area contributed by atoms with E-state index >= 15 is 0 Å². The van der Waals surface area contributed by atoms with E-state index in [4.69, 9.17) is 4.42 Å². The van der Waals surface area contributed by atoms with Gasteiger partial charge in [-0.3, -0.25) is 9.69 Å². The van der Waals surface area contributed by atoms with Crippen LogP contribution in [-0.2, 0) is 4.79 Å². The van der Waals surface area contributed by atoms with Crippen LogP contribution in [0.4, 0.5) is 5.69 Å². The third kappa shape index (κ3) is 4.30. The minimum atomic E-state index is -0.0940. The van der Waals surface area contributed by atoms with Gasteiger partial charge < -0.3 is 14.2 Å². The molecule has 0 bridgehead atoms. The van der Waals surface area contributed by atoms with Crippen molar-refractivity contribution in [3.05, 3.63) is 65.9 Å². The monoisotopic (exact) mass is 391 g/mol. The summed E-state index contributed by atoms with van der Waals surface area (Å²) in [5.41, 5.74) is 3.41. The normalized spacial score (nSPS) is 16.2. The highest BCUT2D eigenvalue weighted by atomic mass is 16.3. The molecule has 1 atom stereocenters. The number of benzene rings is 2. The number of para-hydroxylation sites is 1. The number of hydrogen-bond donors (Lipinski definition) is 0. The predicted molar refractivity (Wildman–Crippen MR) is 117 cm³/mol. The molecule has 0 aliphatic carbocycles. The smallest absolute Gasteiger partial charge is 0.237 e. The van der Waals surface area contributed by atoms with Gasteiger partial charge in [0.2, 0.25) is 5.91 Å². The van der Waals surface area contributed by atoms with Crippen molar-refractivity contribution in [2.45, 2.75) is 19.9 Å². The van der Waals surface area contributed by atoms with Crippen molar-refractivity contribution in [1.29, 1.82) is 0 Å². The molecule has 29 heavy (non-hydrogen) atoms. The van der Waals surface area contributed by atoms with Crippen molar-refractivity contribution in [2.75, 3.05) is 44.7 Å². The molecule has 0 spiro atoms. The molecule has 3 aromatic rings. The van der Waals surface area contributed by atoms with Gasteiger partial charge in [0.05, 0.1) is 12.6 Å². The number of furan rings is 1. The molecule has 0 saturated carbocycles. The Labute approximate surface area is 172 Å². The molecule has 1 amide bonds. The summed E-state index contributed by atoms with van der Waals surface area (Å²) in [7, 11) is 1.86. The van der Waals surface area contributed by atoms with Gasteiger partial charge in [0.15, 0.2) is 0 Å². The molecule has 0 N–H and O–H groups in total. The van der Waals surface area contributed by atoms with E-state index in [1.807, 2.05) is 44.3 Å². The Balaban J connectivity index is 1.33. The minimum Gasteiger partial charge on any atom is -0.459 e. The van der Waals surface area contributed by atoms with Gasteiger partial charge in [-0.05, 0) is 43.7 Å². The molecule has 1 saturated heterocycles. The second-order valence-electron chi connectivity index (χ2n) is 7.97. The molecule has 2 heterocycles. The number of amides is 1. The Morgan fingerprint density at radius 2 is 1.83 bits per heavy atom. The molecule has 1 fully saturated rings. The van der Waals surface area contributed by atoms with E-state index in [1.165, 1.54) is 11.3 Å². The summed E-state index contributed by atoms with van der Waals surface area (Å²) in [6, 6.07) is 18.5. The first-order valence-electron chi connectivity index (χ1n) is 10.3. The highest BCUT2D eigenvalue weighted by Crippen LogP contribution is 2.27. The number of hydrogen-bond acceptors (Lipinski definition) is 4. The zero-order chi connectivity index (χ0) is 20.4. The molecular weight excluding hydrogens is 362 g/mol. The zero-order valence-electron chi connectivity index (χ0n) is 17.5. The van der Waals surface area contributed by atoms with Gasteiger partial charge in [0.25, 0.3) is 0 Å². The summed E-state index contributed by atoms with van der Waals surface area (Å²) in [5.74, 6) is 0.952. The lowest BCUT2D eigenvalue weighted by Crippen LogP contribution is -2.50. The van der Waals surface area contributed by atoms with Crippen molar-refractivity contribution in [3.8, 4) is 0 Å². The lowest BCUT2D eigenvalue weighted by Gasteiger charge is -2.36. The predicted octanol–water partition coefficient (Wildman–Crippen LogP) is 4.08. The van der Waals surface area contributed by atoms with Crippen molar-refractivity contribution in [3.63, 3.8) is 0 Å². The second-order valence-corrected chi connectivity index (χ2v) is 7.97. The van der Waals surface area contributed by atoms with Crippen LogP contribution in [0.3, 0.4) is 0 Å². The quantitative estimate of drug-likeness (QED) is 0.657. The topological polar surface area (TPSA) is 39.9 Å². The summed E-state index contributed by atoms with van der Waals surface area (Å²) in [5, 5.41) is 1.07. The van der Waals surface area contributed by atoms with Crippen LogP contribution in [0.25, 0.3) is 11.0 Å². The van der Waals surface area contributed by atoms with E-state index in [2.05, 4.69) is 41.0 Å². The molecule has 5 heteroatoms. The van der Waals surface area contributed by atoms with Crippen LogP contribution in [0.5, 0.6) is 0 Å². The molecule has 5 nitrogen and oxygen atoms in total. The molecule has 2 aromatic carbocycles. The van der Waals surface area contributed by atoms with E-state index in [0.717, 1.165) is 42.9 Å². The summed E-state index contributed by atoms with van der Waals surface area (Å²) in [6.45, 7) is 8.27. The first-order valence-corrected chi connectivity index (χ1v) is 10.3. The molecule has 152 valence electrons. The van der Waals surface area contributed by atoms with Gasteiger partial charge in [-0.1, -0.05) is 30.3 Å². The number of rotatable bonds is 5.